The Bertz CT molecular complexity index is 2280. The highest BCUT2D eigenvalue weighted by molar-refractivity contribution is 6.06. The van der Waals surface area contributed by atoms with Crippen LogP contribution >= 0.6 is 0 Å². The van der Waals surface area contributed by atoms with E-state index in [4.69, 9.17) is 9.97 Å². The minimum absolute atomic E-state index is 0.526. The summed E-state index contributed by atoms with van der Waals surface area (Å²) in [5, 5.41) is 2.43. The van der Waals surface area contributed by atoms with Crippen LogP contribution in [0.3, 0.4) is 0 Å². The summed E-state index contributed by atoms with van der Waals surface area (Å²) in [6.07, 6.45) is 0. The summed E-state index contributed by atoms with van der Waals surface area (Å²) in [6.45, 7) is 0. The molecule has 7 aromatic carbocycles. The van der Waals surface area contributed by atoms with Gasteiger partial charge in [0, 0.05) is 16.7 Å². The summed E-state index contributed by atoms with van der Waals surface area (Å²) >= 11 is 0. The Morgan fingerprint density at radius 3 is 1.62 bits per heavy atom. The first-order valence-electron chi connectivity index (χ1n) is 16.1. The molecule has 1 aliphatic carbocycles. The zero-order valence-corrected chi connectivity index (χ0v) is 25.7. The van der Waals surface area contributed by atoms with Gasteiger partial charge in [-0.15, -0.1) is 0 Å². The van der Waals surface area contributed by atoms with E-state index in [0.29, 0.717) is 5.82 Å². The van der Waals surface area contributed by atoms with Gasteiger partial charge in [-0.3, -0.25) is 0 Å². The highest BCUT2D eigenvalue weighted by Gasteiger charge is 2.48. The van der Waals surface area contributed by atoms with Gasteiger partial charge in [-0.2, -0.15) is 0 Å². The predicted octanol–water partition coefficient (Wildman–Crippen LogP) is 11.0. The standard InChI is InChI=1S/C45H30N2/c1-5-17-31(18-6-1)40-30-41(47-44(46-40)32-19-7-2-8-20-32)38-29-33-21-13-14-26-36(33)43-42(38)37-27-15-16-28-39(37)45(43,34-22-9-3-10-23-34)35-24-11-4-12-25-35/h1-30H. The summed E-state index contributed by atoms with van der Waals surface area (Å²) in [7, 11) is 0. The van der Waals surface area contributed by atoms with Crippen LogP contribution in [-0.2, 0) is 5.41 Å². The number of nitrogens with zero attached hydrogens (tertiary/aromatic N) is 2. The topological polar surface area (TPSA) is 25.8 Å². The third kappa shape index (κ3) is 4.26. The maximum Gasteiger partial charge on any atom is 0.160 e. The monoisotopic (exact) mass is 598 g/mol. The van der Waals surface area contributed by atoms with Crippen molar-refractivity contribution >= 4 is 10.8 Å². The van der Waals surface area contributed by atoms with Crippen LogP contribution < -0.4 is 0 Å². The number of hydrogen-bond donors (Lipinski definition) is 0. The van der Waals surface area contributed by atoms with E-state index in [0.717, 1.165) is 28.1 Å². The van der Waals surface area contributed by atoms with E-state index in [1.807, 2.05) is 24.3 Å². The maximum atomic E-state index is 5.34. The molecule has 0 saturated carbocycles. The summed E-state index contributed by atoms with van der Waals surface area (Å²) in [5.41, 5.74) is 12.0. The summed E-state index contributed by atoms with van der Waals surface area (Å²) < 4.78 is 0. The average molecular weight is 599 g/mol. The molecule has 0 aliphatic heterocycles. The SMILES string of the molecule is c1ccc(-c2cc(-c3cc4ccccc4c4c3-c3ccccc3C4(c3ccccc3)c3ccccc3)nc(-c3ccccc3)n2)cc1. The van der Waals surface area contributed by atoms with Crippen molar-refractivity contribution in [2.24, 2.45) is 0 Å². The fourth-order valence-corrected chi connectivity index (χ4v) is 7.58. The molecule has 47 heavy (non-hydrogen) atoms. The highest BCUT2D eigenvalue weighted by atomic mass is 14.9. The Hall–Kier alpha value is -6.12. The smallest absolute Gasteiger partial charge is 0.160 e. The summed E-state index contributed by atoms with van der Waals surface area (Å²) in [6, 6.07) is 65.0. The molecule has 9 rings (SSSR count). The van der Waals surface area contributed by atoms with Crippen LogP contribution in [0.25, 0.3) is 55.8 Å². The molecule has 1 aliphatic rings. The fourth-order valence-electron chi connectivity index (χ4n) is 7.58. The number of benzene rings is 7. The zero-order chi connectivity index (χ0) is 31.2. The average Bonchev–Trinajstić information content (AvgIpc) is 3.48. The van der Waals surface area contributed by atoms with Crippen LogP contribution in [0, 0.1) is 0 Å². The summed E-state index contributed by atoms with van der Waals surface area (Å²) in [4.78, 5) is 10.5. The molecule has 1 aromatic heterocycles. The van der Waals surface area contributed by atoms with Crippen molar-refractivity contribution in [2.45, 2.75) is 5.41 Å². The van der Waals surface area contributed by atoms with E-state index in [1.54, 1.807) is 0 Å². The predicted molar refractivity (Wildman–Crippen MR) is 193 cm³/mol. The third-order valence-corrected chi connectivity index (χ3v) is 9.54. The summed E-state index contributed by atoms with van der Waals surface area (Å²) in [5.74, 6) is 0.715. The zero-order valence-electron chi connectivity index (χ0n) is 25.7. The van der Waals surface area contributed by atoms with Crippen molar-refractivity contribution in [3.63, 3.8) is 0 Å². The Morgan fingerprint density at radius 1 is 0.404 bits per heavy atom. The number of rotatable bonds is 5. The van der Waals surface area contributed by atoms with Crippen molar-refractivity contribution in [2.75, 3.05) is 0 Å². The lowest BCUT2D eigenvalue weighted by Crippen LogP contribution is -2.28. The molecule has 0 saturated heterocycles. The van der Waals surface area contributed by atoms with Gasteiger partial charge >= 0.3 is 0 Å². The molecule has 0 spiro atoms. The molecule has 0 N–H and O–H groups in total. The molecule has 0 bridgehead atoms. The highest BCUT2D eigenvalue weighted by Crippen LogP contribution is 2.60. The second kappa shape index (κ2) is 11.0. The first kappa shape index (κ1) is 27.2. The van der Waals surface area contributed by atoms with Crippen LogP contribution in [0.4, 0.5) is 0 Å². The van der Waals surface area contributed by atoms with Gasteiger partial charge in [0.1, 0.15) is 0 Å². The van der Waals surface area contributed by atoms with E-state index in [-0.39, 0.29) is 0 Å². The minimum Gasteiger partial charge on any atom is -0.228 e. The van der Waals surface area contributed by atoms with Crippen molar-refractivity contribution in [3.05, 3.63) is 204 Å². The van der Waals surface area contributed by atoms with E-state index < -0.39 is 5.41 Å². The fraction of sp³-hybridized carbons (Fsp3) is 0.0222. The molecule has 0 fully saturated rings. The molecule has 2 heteroatoms. The van der Waals surface area contributed by atoms with Gasteiger partial charge in [-0.25, -0.2) is 9.97 Å². The molecule has 0 unspecified atom stereocenters. The van der Waals surface area contributed by atoms with Crippen LogP contribution in [-0.4, -0.2) is 9.97 Å². The second-order valence-electron chi connectivity index (χ2n) is 12.1. The Morgan fingerprint density at radius 2 is 0.936 bits per heavy atom. The van der Waals surface area contributed by atoms with Crippen LogP contribution in [0.5, 0.6) is 0 Å². The van der Waals surface area contributed by atoms with Crippen LogP contribution in [0.1, 0.15) is 22.3 Å². The molecule has 0 atom stereocenters. The van der Waals surface area contributed by atoms with E-state index >= 15 is 0 Å². The Balaban J connectivity index is 1.45. The first-order chi connectivity index (χ1) is 23.3. The molecule has 0 radical (unpaired) electrons. The van der Waals surface area contributed by atoms with Crippen LogP contribution in [0.2, 0.25) is 0 Å². The largest absolute Gasteiger partial charge is 0.228 e. The normalized spacial score (nSPS) is 12.9. The molecule has 0 amide bonds. The third-order valence-electron chi connectivity index (χ3n) is 9.54. The number of fused-ring (bicyclic) bond motifs is 5. The Labute approximate surface area is 274 Å². The lowest BCUT2D eigenvalue weighted by atomic mass is 9.66. The van der Waals surface area contributed by atoms with Gasteiger partial charge in [0.05, 0.1) is 16.8 Å². The molecular weight excluding hydrogens is 569 g/mol. The van der Waals surface area contributed by atoms with Gasteiger partial charge in [-0.05, 0) is 56.3 Å². The first-order valence-corrected chi connectivity index (χ1v) is 16.1. The quantitative estimate of drug-likeness (QED) is 0.197. The van der Waals surface area contributed by atoms with Gasteiger partial charge in [0.25, 0.3) is 0 Å². The molecule has 8 aromatic rings. The van der Waals surface area contributed by atoms with Crippen molar-refractivity contribution in [1.82, 2.24) is 9.97 Å². The Kier molecular flexibility index (Phi) is 6.39. The second-order valence-corrected chi connectivity index (χ2v) is 12.1. The minimum atomic E-state index is -0.526. The van der Waals surface area contributed by atoms with Crippen LogP contribution in [0.15, 0.2) is 182 Å². The molecule has 220 valence electrons. The number of aromatic nitrogens is 2. The van der Waals surface area contributed by atoms with Gasteiger partial charge < -0.3 is 0 Å². The van der Waals surface area contributed by atoms with Crippen molar-refractivity contribution < 1.29 is 0 Å². The molecular formula is C45H30N2. The van der Waals surface area contributed by atoms with Crippen molar-refractivity contribution in [3.8, 4) is 45.0 Å². The van der Waals surface area contributed by atoms with E-state index in [1.165, 1.54) is 44.2 Å². The maximum absolute atomic E-state index is 5.34. The molecule has 2 nitrogen and oxygen atoms in total. The molecule has 1 heterocycles. The number of hydrogen-bond acceptors (Lipinski definition) is 2. The van der Waals surface area contributed by atoms with Gasteiger partial charge in [0.15, 0.2) is 5.82 Å². The lowest BCUT2D eigenvalue weighted by molar-refractivity contribution is 0.775. The van der Waals surface area contributed by atoms with E-state index in [9.17, 15) is 0 Å². The van der Waals surface area contributed by atoms with Gasteiger partial charge in [-0.1, -0.05) is 170 Å². The van der Waals surface area contributed by atoms with Gasteiger partial charge in [0.2, 0.25) is 0 Å². The lowest BCUT2D eigenvalue weighted by Gasteiger charge is -2.34. The van der Waals surface area contributed by atoms with Crippen molar-refractivity contribution in [1.29, 1.82) is 0 Å². The van der Waals surface area contributed by atoms with E-state index in [2.05, 4.69) is 158 Å².